The van der Waals surface area contributed by atoms with Crippen LogP contribution in [0.5, 0.6) is 0 Å². The van der Waals surface area contributed by atoms with Crippen molar-refractivity contribution in [2.75, 3.05) is 44.4 Å². The standard InChI is InChI=1S/C22H30F3N5/c1-14(26-3)13-27-20-12-18-17(21(29-20)15(2)22(23,24)25)6-5-7-19(18)28-16-8-10-30(4)11-9-16/h5-7,12,14,16,26,28H,2,8-11,13H2,1,3-4H3,(H,27,29). The minimum absolute atomic E-state index is 0.133. The Morgan fingerprint density at radius 2 is 1.97 bits per heavy atom. The molecule has 1 unspecified atom stereocenters. The molecule has 1 atom stereocenters. The predicted octanol–water partition coefficient (Wildman–Crippen LogP) is 4.34. The molecule has 5 nitrogen and oxygen atoms in total. The van der Waals surface area contributed by atoms with Crippen molar-refractivity contribution < 1.29 is 13.2 Å². The second-order valence-electron chi connectivity index (χ2n) is 8.03. The van der Waals surface area contributed by atoms with E-state index in [1.165, 1.54) is 0 Å². The SMILES string of the molecule is C=C(c1nc(NCC(C)NC)cc2c(NC3CCN(C)CC3)cccc12)C(F)(F)F. The van der Waals surface area contributed by atoms with Gasteiger partial charge in [0.25, 0.3) is 0 Å². The maximum atomic E-state index is 13.5. The molecule has 1 aromatic heterocycles. The molecule has 1 fully saturated rings. The van der Waals surface area contributed by atoms with Gasteiger partial charge in [0.1, 0.15) is 5.82 Å². The number of anilines is 2. The van der Waals surface area contributed by atoms with Crippen LogP contribution in [0.3, 0.4) is 0 Å². The second-order valence-corrected chi connectivity index (χ2v) is 8.03. The summed E-state index contributed by atoms with van der Waals surface area (Å²) < 4.78 is 40.4. The van der Waals surface area contributed by atoms with Crippen LogP contribution < -0.4 is 16.0 Å². The normalized spacial score (nSPS) is 17.1. The van der Waals surface area contributed by atoms with Gasteiger partial charge in [0.2, 0.25) is 0 Å². The summed E-state index contributed by atoms with van der Waals surface area (Å²) >= 11 is 0. The topological polar surface area (TPSA) is 52.2 Å². The zero-order valence-electron chi connectivity index (χ0n) is 17.7. The van der Waals surface area contributed by atoms with Crippen molar-refractivity contribution in [3.8, 4) is 0 Å². The van der Waals surface area contributed by atoms with Crippen molar-refractivity contribution in [3.63, 3.8) is 0 Å². The number of halogens is 3. The van der Waals surface area contributed by atoms with Gasteiger partial charge in [-0.05, 0) is 59.1 Å². The summed E-state index contributed by atoms with van der Waals surface area (Å²) in [6.45, 7) is 7.81. The maximum absolute atomic E-state index is 13.5. The fourth-order valence-corrected chi connectivity index (χ4v) is 3.59. The molecule has 2 aromatic rings. The highest BCUT2D eigenvalue weighted by Gasteiger charge is 2.35. The van der Waals surface area contributed by atoms with Crippen LogP contribution in [0.15, 0.2) is 30.8 Å². The Kier molecular flexibility index (Phi) is 6.88. The van der Waals surface area contributed by atoms with Gasteiger partial charge in [-0.1, -0.05) is 18.7 Å². The maximum Gasteiger partial charge on any atom is 0.417 e. The first-order chi connectivity index (χ1) is 14.2. The van der Waals surface area contributed by atoms with Crippen molar-refractivity contribution in [3.05, 3.63) is 36.5 Å². The number of nitrogens with zero attached hydrogens (tertiary/aromatic N) is 2. The third-order valence-corrected chi connectivity index (χ3v) is 5.66. The van der Waals surface area contributed by atoms with Crippen LogP contribution in [0.25, 0.3) is 16.3 Å². The number of likely N-dealkylation sites (tertiary alicyclic amines) is 1. The van der Waals surface area contributed by atoms with Crippen LogP contribution in [0.4, 0.5) is 24.7 Å². The van der Waals surface area contributed by atoms with Gasteiger partial charge >= 0.3 is 6.18 Å². The molecule has 2 heterocycles. The second kappa shape index (κ2) is 9.22. The lowest BCUT2D eigenvalue weighted by Gasteiger charge is -2.30. The van der Waals surface area contributed by atoms with Crippen LogP contribution in [-0.2, 0) is 0 Å². The minimum atomic E-state index is -4.55. The Morgan fingerprint density at radius 1 is 1.27 bits per heavy atom. The minimum Gasteiger partial charge on any atom is -0.382 e. The highest BCUT2D eigenvalue weighted by Crippen LogP contribution is 2.38. The average Bonchev–Trinajstić information content (AvgIpc) is 2.72. The van der Waals surface area contributed by atoms with Crippen molar-refractivity contribution in [1.82, 2.24) is 15.2 Å². The van der Waals surface area contributed by atoms with E-state index in [9.17, 15) is 13.2 Å². The molecular formula is C22H30F3N5. The van der Waals surface area contributed by atoms with E-state index < -0.39 is 11.7 Å². The molecule has 0 amide bonds. The molecular weight excluding hydrogens is 391 g/mol. The molecule has 3 rings (SSSR count). The Labute approximate surface area is 175 Å². The largest absolute Gasteiger partial charge is 0.417 e. The van der Waals surface area contributed by atoms with E-state index in [1.54, 1.807) is 12.1 Å². The summed E-state index contributed by atoms with van der Waals surface area (Å²) in [5.74, 6) is 0.405. The molecule has 1 saturated heterocycles. The average molecular weight is 422 g/mol. The van der Waals surface area contributed by atoms with Crippen LogP contribution in [-0.4, -0.2) is 61.9 Å². The number of allylic oxidation sites excluding steroid dienone is 1. The van der Waals surface area contributed by atoms with Gasteiger partial charge in [0.15, 0.2) is 0 Å². The van der Waals surface area contributed by atoms with Crippen LogP contribution >= 0.6 is 0 Å². The van der Waals surface area contributed by atoms with Crippen molar-refractivity contribution in [1.29, 1.82) is 0 Å². The number of hydrogen-bond donors (Lipinski definition) is 3. The van der Waals surface area contributed by atoms with Crippen molar-refractivity contribution in [2.24, 2.45) is 0 Å². The number of rotatable bonds is 7. The summed E-state index contributed by atoms with van der Waals surface area (Å²) in [5.41, 5.74) is -0.244. The van der Waals surface area contributed by atoms with E-state index in [-0.39, 0.29) is 17.8 Å². The number of fused-ring (bicyclic) bond motifs is 1. The molecule has 0 saturated carbocycles. The Balaban J connectivity index is 2.02. The fraction of sp³-hybridized carbons (Fsp3) is 0.500. The quantitative estimate of drug-likeness (QED) is 0.621. The van der Waals surface area contributed by atoms with Gasteiger partial charge in [-0.25, -0.2) is 4.98 Å². The van der Waals surface area contributed by atoms with Gasteiger partial charge in [0, 0.05) is 35.1 Å². The van der Waals surface area contributed by atoms with Gasteiger partial charge < -0.3 is 20.9 Å². The fourth-order valence-electron chi connectivity index (χ4n) is 3.59. The van der Waals surface area contributed by atoms with Gasteiger partial charge in [-0.2, -0.15) is 13.2 Å². The summed E-state index contributed by atoms with van der Waals surface area (Å²) in [7, 11) is 3.93. The molecule has 3 N–H and O–H groups in total. The van der Waals surface area contributed by atoms with Crippen LogP contribution in [0, 0.1) is 0 Å². The first kappa shape index (κ1) is 22.4. The van der Waals surface area contributed by atoms with E-state index >= 15 is 0 Å². The molecule has 8 heteroatoms. The Bertz CT molecular complexity index is 888. The Morgan fingerprint density at radius 3 is 2.60 bits per heavy atom. The number of aromatic nitrogens is 1. The van der Waals surface area contributed by atoms with E-state index in [4.69, 9.17) is 0 Å². The van der Waals surface area contributed by atoms with Crippen molar-refractivity contribution in [2.45, 2.75) is 38.0 Å². The summed E-state index contributed by atoms with van der Waals surface area (Å²) in [5, 5.41) is 11.0. The highest BCUT2D eigenvalue weighted by molar-refractivity contribution is 6.01. The van der Waals surface area contributed by atoms with E-state index in [2.05, 4.69) is 39.5 Å². The number of benzene rings is 1. The number of alkyl halides is 3. The van der Waals surface area contributed by atoms with E-state index in [0.29, 0.717) is 23.1 Å². The molecule has 0 bridgehead atoms. The lowest BCUT2D eigenvalue weighted by molar-refractivity contribution is -0.0688. The molecule has 30 heavy (non-hydrogen) atoms. The van der Waals surface area contributed by atoms with Gasteiger partial charge in [0.05, 0.1) is 11.3 Å². The highest BCUT2D eigenvalue weighted by atomic mass is 19.4. The molecule has 0 radical (unpaired) electrons. The number of nitrogens with one attached hydrogen (secondary N) is 3. The van der Waals surface area contributed by atoms with E-state index in [1.807, 2.05) is 26.1 Å². The van der Waals surface area contributed by atoms with E-state index in [0.717, 1.165) is 31.6 Å². The molecule has 1 aliphatic rings. The monoisotopic (exact) mass is 421 g/mol. The molecule has 1 aliphatic heterocycles. The predicted molar refractivity (Wildman–Crippen MR) is 118 cm³/mol. The lowest BCUT2D eigenvalue weighted by Crippen LogP contribution is -2.36. The number of hydrogen-bond acceptors (Lipinski definition) is 5. The first-order valence-corrected chi connectivity index (χ1v) is 10.3. The zero-order valence-corrected chi connectivity index (χ0v) is 17.7. The summed E-state index contributed by atoms with van der Waals surface area (Å²) in [4.78, 5) is 6.56. The third-order valence-electron chi connectivity index (χ3n) is 5.66. The van der Waals surface area contributed by atoms with Gasteiger partial charge in [-0.15, -0.1) is 0 Å². The van der Waals surface area contributed by atoms with Gasteiger partial charge in [-0.3, -0.25) is 0 Å². The molecule has 1 aromatic carbocycles. The molecule has 0 spiro atoms. The summed E-state index contributed by atoms with van der Waals surface area (Å²) in [6, 6.07) is 7.61. The lowest BCUT2D eigenvalue weighted by atomic mass is 10.0. The zero-order chi connectivity index (χ0) is 21.9. The number of pyridine rings is 1. The molecule has 0 aliphatic carbocycles. The smallest absolute Gasteiger partial charge is 0.382 e. The van der Waals surface area contributed by atoms with Crippen LogP contribution in [0.1, 0.15) is 25.5 Å². The number of piperidine rings is 1. The third kappa shape index (κ3) is 5.23. The Hall–Kier alpha value is -2.32. The van der Waals surface area contributed by atoms with Crippen LogP contribution in [0.2, 0.25) is 0 Å². The van der Waals surface area contributed by atoms with Crippen molar-refractivity contribution >= 4 is 27.9 Å². The number of likely N-dealkylation sites (N-methyl/N-ethyl adjacent to an activating group) is 1. The molecule has 164 valence electrons. The first-order valence-electron chi connectivity index (χ1n) is 10.3. The summed E-state index contributed by atoms with van der Waals surface area (Å²) in [6.07, 6.45) is -2.57.